The summed E-state index contributed by atoms with van der Waals surface area (Å²) < 4.78 is 1.44. The van der Waals surface area contributed by atoms with Gasteiger partial charge in [-0.2, -0.15) is 5.26 Å². The summed E-state index contributed by atoms with van der Waals surface area (Å²) >= 11 is 0. The lowest BCUT2D eigenvalue weighted by molar-refractivity contribution is -0.112. The van der Waals surface area contributed by atoms with Crippen LogP contribution in [-0.4, -0.2) is 28.4 Å². The SMILES string of the molecule is Cc1ccc(NC(=O)C(C#N)=Cc2c(N3CCCCC3)nc3ccccn3c2=O)cc1. The number of piperidine rings is 1. The first kappa shape index (κ1) is 20.4. The smallest absolute Gasteiger partial charge is 0.267 e. The fourth-order valence-corrected chi connectivity index (χ4v) is 3.69. The minimum atomic E-state index is -0.562. The lowest BCUT2D eigenvalue weighted by Crippen LogP contribution is -2.33. The zero-order chi connectivity index (χ0) is 21.8. The maximum atomic E-state index is 13.3. The Hall–Kier alpha value is -3.92. The van der Waals surface area contributed by atoms with Gasteiger partial charge in [-0.3, -0.25) is 14.0 Å². The number of amides is 1. The van der Waals surface area contributed by atoms with Crippen LogP contribution in [0.2, 0.25) is 0 Å². The number of aromatic nitrogens is 2. The number of aryl methyl sites for hydroxylation is 1. The van der Waals surface area contributed by atoms with E-state index in [1.54, 1.807) is 30.5 Å². The van der Waals surface area contributed by atoms with E-state index in [0.717, 1.165) is 37.9 Å². The molecule has 31 heavy (non-hydrogen) atoms. The highest BCUT2D eigenvalue weighted by molar-refractivity contribution is 6.10. The van der Waals surface area contributed by atoms with Gasteiger partial charge < -0.3 is 10.2 Å². The van der Waals surface area contributed by atoms with Crippen molar-refractivity contribution >= 4 is 29.1 Å². The highest BCUT2D eigenvalue weighted by Crippen LogP contribution is 2.23. The molecule has 2 aromatic heterocycles. The van der Waals surface area contributed by atoms with Crippen molar-refractivity contribution in [2.45, 2.75) is 26.2 Å². The summed E-state index contributed by atoms with van der Waals surface area (Å²) in [4.78, 5) is 32.8. The zero-order valence-electron chi connectivity index (χ0n) is 17.3. The molecule has 0 saturated carbocycles. The topological polar surface area (TPSA) is 90.5 Å². The van der Waals surface area contributed by atoms with Crippen molar-refractivity contribution in [3.63, 3.8) is 0 Å². The quantitative estimate of drug-likeness (QED) is 0.522. The molecule has 1 aliphatic heterocycles. The van der Waals surface area contributed by atoms with E-state index in [1.165, 1.54) is 10.5 Å². The molecule has 0 aliphatic carbocycles. The van der Waals surface area contributed by atoms with Crippen molar-refractivity contribution in [1.82, 2.24) is 9.38 Å². The summed E-state index contributed by atoms with van der Waals surface area (Å²) in [5.74, 6) is -0.0414. The molecule has 1 saturated heterocycles. The Morgan fingerprint density at radius 3 is 2.58 bits per heavy atom. The van der Waals surface area contributed by atoms with Gasteiger partial charge in [0.25, 0.3) is 11.5 Å². The molecule has 4 rings (SSSR count). The van der Waals surface area contributed by atoms with E-state index in [9.17, 15) is 14.9 Å². The number of carbonyl (C=O) groups is 1. The minimum absolute atomic E-state index is 0.145. The third-order valence-electron chi connectivity index (χ3n) is 5.37. The summed E-state index contributed by atoms with van der Waals surface area (Å²) in [5, 5.41) is 12.4. The molecular formula is C24H23N5O2. The number of nitrogens with zero attached hydrogens (tertiary/aromatic N) is 4. The molecule has 1 aromatic carbocycles. The van der Waals surface area contributed by atoms with Gasteiger partial charge in [0, 0.05) is 25.0 Å². The second kappa shape index (κ2) is 8.84. The fraction of sp³-hybridized carbons (Fsp3) is 0.250. The van der Waals surface area contributed by atoms with E-state index in [-0.39, 0.29) is 16.7 Å². The number of hydrogen-bond acceptors (Lipinski definition) is 5. The van der Waals surface area contributed by atoms with Crippen LogP contribution in [0.3, 0.4) is 0 Å². The van der Waals surface area contributed by atoms with E-state index in [1.807, 2.05) is 31.2 Å². The highest BCUT2D eigenvalue weighted by atomic mass is 16.1. The number of nitriles is 1. The van der Waals surface area contributed by atoms with E-state index in [0.29, 0.717) is 17.2 Å². The molecule has 1 N–H and O–H groups in total. The van der Waals surface area contributed by atoms with Gasteiger partial charge in [0.15, 0.2) is 0 Å². The number of fused-ring (bicyclic) bond motifs is 1. The number of benzene rings is 1. The fourth-order valence-electron chi connectivity index (χ4n) is 3.69. The predicted molar refractivity (Wildman–Crippen MR) is 121 cm³/mol. The van der Waals surface area contributed by atoms with Gasteiger partial charge in [-0.15, -0.1) is 0 Å². The molecule has 7 nitrogen and oxygen atoms in total. The van der Waals surface area contributed by atoms with Crippen LogP contribution in [0.25, 0.3) is 11.7 Å². The van der Waals surface area contributed by atoms with Crippen LogP contribution in [0, 0.1) is 18.3 Å². The molecule has 1 amide bonds. The molecule has 7 heteroatoms. The van der Waals surface area contributed by atoms with Crippen LogP contribution in [0.15, 0.2) is 59.0 Å². The molecule has 0 bridgehead atoms. The summed E-state index contributed by atoms with van der Waals surface area (Å²) in [5.41, 5.74) is 1.99. The first-order valence-corrected chi connectivity index (χ1v) is 10.3. The molecule has 3 aromatic rings. The maximum absolute atomic E-state index is 13.3. The van der Waals surface area contributed by atoms with E-state index in [2.05, 4.69) is 10.2 Å². The average Bonchev–Trinajstić information content (AvgIpc) is 2.80. The Morgan fingerprint density at radius 1 is 1.13 bits per heavy atom. The predicted octanol–water partition coefficient (Wildman–Crippen LogP) is 3.54. The standard InChI is InChI=1S/C24H23N5O2/c1-17-8-10-19(11-9-17)26-23(30)18(16-25)15-20-22(28-12-4-2-5-13-28)27-21-7-3-6-14-29(21)24(20)31/h3,6-11,14-15H,2,4-5,12-13H2,1H3,(H,26,30). The lowest BCUT2D eigenvalue weighted by atomic mass is 10.1. The largest absolute Gasteiger partial charge is 0.356 e. The number of carbonyl (C=O) groups excluding carboxylic acids is 1. The first-order chi connectivity index (χ1) is 15.1. The Bertz CT molecular complexity index is 1250. The van der Waals surface area contributed by atoms with Crippen molar-refractivity contribution < 1.29 is 4.79 Å². The van der Waals surface area contributed by atoms with Gasteiger partial charge in [-0.25, -0.2) is 4.98 Å². The Kier molecular flexibility index (Phi) is 5.80. The van der Waals surface area contributed by atoms with E-state index < -0.39 is 5.91 Å². The number of nitrogens with one attached hydrogen (secondary N) is 1. The Labute approximate surface area is 180 Å². The van der Waals surface area contributed by atoms with Crippen molar-refractivity contribution in [3.8, 4) is 6.07 Å². The third kappa shape index (κ3) is 4.33. The monoisotopic (exact) mass is 413 g/mol. The van der Waals surface area contributed by atoms with Crippen LogP contribution in [0.4, 0.5) is 11.5 Å². The molecule has 1 aliphatic rings. The second-order valence-corrected chi connectivity index (χ2v) is 7.62. The van der Waals surface area contributed by atoms with Gasteiger partial charge in [0.2, 0.25) is 0 Å². The van der Waals surface area contributed by atoms with Gasteiger partial charge >= 0.3 is 0 Å². The lowest BCUT2D eigenvalue weighted by Gasteiger charge is -2.29. The van der Waals surface area contributed by atoms with Crippen LogP contribution < -0.4 is 15.8 Å². The Morgan fingerprint density at radius 2 is 1.87 bits per heavy atom. The van der Waals surface area contributed by atoms with Crippen LogP contribution in [-0.2, 0) is 4.79 Å². The van der Waals surface area contributed by atoms with Gasteiger partial charge in [0.1, 0.15) is 23.1 Å². The Balaban J connectivity index is 1.78. The highest BCUT2D eigenvalue weighted by Gasteiger charge is 2.21. The van der Waals surface area contributed by atoms with Crippen LogP contribution >= 0.6 is 0 Å². The normalized spacial score (nSPS) is 14.3. The summed E-state index contributed by atoms with van der Waals surface area (Å²) in [6.07, 6.45) is 6.16. The maximum Gasteiger partial charge on any atom is 0.267 e. The van der Waals surface area contributed by atoms with E-state index in [4.69, 9.17) is 4.98 Å². The van der Waals surface area contributed by atoms with Crippen LogP contribution in [0.5, 0.6) is 0 Å². The van der Waals surface area contributed by atoms with Crippen molar-refractivity contribution in [3.05, 3.63) is 75.7 Å². The van der Waals surface area contributed by atoms with Gasteiger partial charge in [0.05, 0.1) is 5.56 Å². The van der Waals surface area contributed by atoms with Gasteiger partial charge in [-0.05, 0) is 56.5 Å². The van der Waals surface area contributed by atoms with Crippen molar-refractivity contribution in [2.75, 3.05) is 23.3 Å². The molecular weight excluding hydrogens is 390 g/mol. The van der Waals surface area contributed by atoms with Crippen molar-refractivity contribution in [1.29, 1.82) is 5.26 Å². The molecule has 0 spiro atoms. The zero-order valence-corrected chi connectivity index (χ0v) is 17.3. The molecule has 3 heterocycles. The summed E-state index contributed by atoms with van der Waals surface area (Å²) in [7, 11) is 0. The van der Waals surface area contributed by atoms with Crippen LogP contribution in [0.1, 0.15) is 30.4 Å². The average molecular weight is 413 g/mol. The molecule has 1 fully saturated rings. The molecule has 156 valence electrons. The first-order valence-electron chi connectivity index (χ1n) is 10.3. The number of pyridine rings is 1. The van der Waals surface area contributed by atoms with Crippen molar-refractivity contribution in [2.24, 2.45) is 0 Å². The number of rotatable bonds is 4. The minimum Gasteiger partial charge on any atom is -0.356 e. The van der Waals surface area contributed by atoms with Gasteiger partial charge in [-0.1, -0.05) is 23.8 Å². The molecule has 0 atom stereocenters. The summed E-state index contributed by atoms with van der Waals surface area (Å²) in [6.45, 7) is 3.52. The number of hydrogen-bond donors (Lipinski definition) is 1. The van der Waals surface area contributed by atoms with E-state index >= 15 is 0 Å². The summed E-state index contributed by atoms with van der Waals surface area (Å²) in [6, 6.07) is 14.6. The molecule has 0 radical (unpaired) electrons. The second-order valence-electron chi connectivity index (χ2n) is 7.62. The molecule has 0 unspecified atom stereocenters. The third-order valence-corrected chi connectivity index (χ3v) is 5.37. The number of anilines is 2.